The van der Waals surface area contributed by atoms with Crippen LogP contribution in [0.2, 0.25) is 0 Å². The molecule has 2 aromatic rings. The van der Waals surface area contributed by atoms with Gasteiger partial charge in [-0.15, -0.1) is 0 Å². The number of aliphatic hydroxyl groups excluding tert-OH is 1. The van der Waals surface area contributed by atoms with Crippen molar-refractivity contribution in [2.45, 2.75) is 19.1 Å². The van der Waals surface area contributed by atoms with Gasteiger partial charge >= 0.3 is 0 Å². The van der Waals surface area contributed by atoms with Gasteiger partial charge in [-0.05, 0) is 25.1 Å². The van der Waals surface area contributed by atoms with E-state index >= 15 is 0 Å². The molecular formula is C11H14BrN3O. The van der Waals surface area contributed by atoms with Gasteiger partial charge in [-0.3, -0.25) is 0 Å². The number of fused-ring (bicyclic) bond motifs is 1. The van der Waals surface area contributed by atoms with Crippen LogP contribution in [0.15, 0.2) is 22.7 Å². The van der Waals surface area contributed by atoms with Crippen molar-refractivity contribution >= 4 is 27.0 Å². The van der Waals surface area contributed by atoms with Crippen LogP contribution in [0.25, 0.3) is 11.0 Å². The van der Waals surface area contributed by atoms with E-state index in [2.05, 4.69) is 20.9 Å². The molecule has 16 heavy (non-hydrogen) atoms. The summed E-state index contributed by atoms with van der Waals surface area (Å²) in [5, 5.41) is 9.49. The number of benzene rings is 1. The maximum Gasteiger partial charge on any atom is 0.129 e. The first kappa shape index (κ1) is 11.6. The lowest BCUT2D eigenvalue weighted by Gasteiger charge is -2.14. The first-order chi connectivity index (χ1) is 7.50. The minimum Gasteiger partial charge on any atom is -0.391 e. The molecular weight excluding hydrogens is 270 g/mol. The largest absolute Gasteiger partial charge is 0.391 e. The monoisotopic (exact) mass is 283 g/mol. The molecule has 2 rings (SSSR count). The SMILES string of the molecule is CC(O)C(N)c1nc2cc(Br)ccc2n1C. The minimum atomic E-state index is -0.612. The Morgan fingerprint density at radius 2 is 2.19 bits per heavy atom. The normalized spacial score (nSPS) is 15.3. The topological polar surface area (TPSA) is 64.1 Å². The summed E-state index contributed by atoms with van der Waals surface area (Å²) < 4.78 is 2.90. The standard InChI is InChI=1S/C11H14BrN3O/c1-6(16)10(13)11-14-8-5-7(12)3-4-9(8)15(11)2/h3-6,10,16H,13H2,1-2H3. The minimum absolute atomic E-state index is 0.462. The third kappa shape index (κ3) is 1.86. The quantitative estimate of drug-likeness (QED) is 0.882. The molecule has 1 aromatic heterocycles. The zero-order valence-corrected chi connectivity index (χ0v) is 10.8. The Balaban J connectivity index is 2.60. The number of aliphatic hydroxyl groups is 1. The molecule has 0 saturated carbocycles. The third-order valence-electron chi connectivity index (χ3n) is 2.70. The second-order valence-corrected chi connectivity index (χ2v) is 4.84. The molecule has 1 heterocycles. The number of aryl methyl sites for hydroxylation is 1. The second kappa shape index (κ2) is 4.16. The van der Waals surface area contributed by atoms with Crippen molar-refractivity contribution in [3.8, 4) is 0 Å². The van der Waals surface area contributed by atoms with E-state index in [4.69, 9.17) is 5.73 Å². The lowest BCUT2D eigenvalue weighted by molar-refractivity contribution is 0.159. The molecule has 1 aromatic carbocycles. The van der Waals surface area contributed by atoms with Crippen molar-refractivity contribution in [3.63, 3.8) is 0 Å². The maximum atomic E-state index is 9.49. The van der Waals surface area contributed by atoms with Crippen LogP contribution in [0.4, 0.5) is 0 Å². The van der Waals surface area contributed by atoms with Crippen molar-refractivity contribution in [1.29, 1.82) is 0 Å². The molecule has 0 aliphatic rings. The third-order valence-corrected chi connectivity index (χ3v) is 3.19. The van der Waals surface area contributed by atoms with E-state index in [1.807, 2.05) is 29.8 Å². The summed E-state index contributed by atoms with van der Waals surface area (Å²) in [6, 6.07) is 5.41. The summed E-state index contributed by atoms with van der Waals surface area (Å²) in [5.74, 6) is 0.697. The smallest absolute Gasteiger partial charge is 0.129 e. The summed E-state index contributed by atoms with van der Waals surface area (Å²) >= 11 is 3.40. The number of imidazole rings is 1. The average Bonchev–Trinajstić information content (AvgIpc) is 2.54. The van der Waals surface area contributed by atoms with Crippen molar-refractivity contribution < 1.29 is 5.11 Å². The summed E-state index contributed by atoms with van der Waals surface area (Å²) in [6.07, 6.45) is -0.612. The van der Waals surface area contributed by atoms with E-state index in [1.54, 1.807) is 6.92 Å². The number of hydrogen-bond donors (Lipinski definition) is 2. The Morgan fingerprint density at radius 1 is 1.50 bits per heavy atom. The Bertz CT molecular complexity index is 521. The van der Waals surface area contributed by atoms with Gasteiger partial charge in [0.25, 0.3) is 0 Å². The Labute approximate surface area is 102 Å². The molecule has 0 bridgehead atoms. The van der Waals surface area contributed by atoms with Gasteiger partial charge in [0.2, 0.25) is 0 Å². The van der Waals surface area contributed by atoms with Gasteiger partial charge in [0.05, 0.1) is 23.2 Å². The highest BCUT2D eigenvalue weighted by Gasteiger charge is 2.18. The Morgan fingerprint density at radius 3 is 2.81 bits per heavy atom. The van der Waals surface area contributed by atoms with Crippen LogP contribution >= 0.6 is 15.9 Å². The summed E-state index contributed by atoms with van der Waals surface area (Å²) in [6.45, 7) is 1.67. The summed E-state index contributed by atoms with van der Waals surface area (Å²) in [5.41, 5.74) is 7.78. The summed E-state index contributed by atoms with van der Waals surface area (Å²) in [7, 11) is 1.90. The van der Waals surface area contributed by atoms with Crippen LogP contribution in [-0.4, -0.2) is 20.8 Å². The molecule has 86 valence electrons. The van der Waals surface area contributed by atoms with E-state index in [-0.39, 0.29) is 0 Å². The van der Waals surface area contributed by atoms with Crippen LogP contribution in [0.1, 0.15) is 18.8 Å². The second-order valence-electron chi connectivity index (χ2n) is 3.93. The van der Waals surface area contributed by atoms with Crippen LogP contribution < -0.4 is 5.73 Å². The number of nitrogens with two attached hydrogens (primary N) is 1. The van der Waals surface area contributed by atoms with Gasteiger partial charge in [0.15, 0.2) is 0 Å². The van der Waals surface area contributed by atoms with E-state index in [0.29, 0.717) is 5.82 Å². The number of hydrogen-bond acceptors (Lipinski definition) is 3. The van der Waals surface area contributed by atoms with E-state index < -0.39 is 12.1 Å². The van der Waals surface area contributed by atoms with Crippen LogP contribution in [0, 0.1) is 0 Å². The lowest BCUT2D eigenvalue weighted by atomic mass is 10.2. The van der Waals surface area contributed by atoms with Gasteiger partial charge < -0.3 is 15.4 Å². The molecule has 0 saturated heterocycles. The molecule has 5 heteroatoms. The van der Waals surface area contributed by atoms with Crippen molar-refractivity contribution in [1.82, 2.24) is 9.55 Å². The Hall–Kier alpha value is -0.910. The highest BCUT2D eigenvalue weighted by atomic mass is 79.9. The van der Waals surface area contributed by atoms with Gasteiger partial charge in [-0.1, -0.05) is 15.9 Å². The van der Waals surface area contributed by atoms with E-state index in [0.717, 1.165) is 15.5 Å². The van der Waals surface area contributed by atoms with Crippen LogP contribution in [-0.2, 0) is 7.05 Å². The van der Waals surface area contributed by atoms with Crippen LogP contribution in [0.5, 0.6) is 0 Å². The molecule has 0 fully saturated rings. The first-order valence-electron chi connectivity index (χ1n) is 5.06. The molecule has 2 unspecified atom stereocenters. The van der Waals surface area contributed by atoms with Gasteiger partial charge in [0.1, 0.15) is 5.82 Å². The van der Waals surface area contributed by atoms with Gasteiger partial charge in [0, 0.05) is 11.5 Å². The average molecular weight is 284 g/mol. The fourth-order valence-electron chi connectivity index (χ4n) is 1.71. The zero-order chi connectivity index (χ0) is 11.9. The van der Waals surface area contributed by atoms with Crippen molar-refractivity contribution in [2.24, 2.45) is 12.8 Å². The molecule has 0 spiro atoms. The fourth-order valence-corrected chi connectivity index (χ4v) is 2.05. The van der Waals surface area contributed by atoms with E-state index in [9.17, 15) is 5.11 Å². The number of aromatic nitrogens is 2. The predicted octanol–water partition coefficient (Wildman–Crippen LogP) is 1.72. The molecule has 0 amide bonds. The maximum absolute atomic E-state index is 9.49. The Kier molecular flexibility index (Phi) is 3.01. The molecule has 0 aliphatic carbocycles. The molecule has 4 nitrogen and oxygen atoms in total. The summed E-state index contributed by atoms with van der Waals surface area (Å²) in [4.78, 5) is 4.44. The van der Waals surface area contributed by atoms with Crippen molar-refractivity contribution in [3.05, 3.63) is 28.5 Å². The van der Waals surface area contributed by atoms with Crippen molar-refractivity contribution in [2.75, 3.05) is 0 Å². The predicted molar refractivity (Wildman–Crippen MR) is 67.0 cm³/mol. The number of nitrogens with zero attached hydrogens (tertiary/aromatic N) is 2. The van der Waals surface area contributed by atoms with Gasteiger partial charge in [-0.2, -0.15) is 0 Å². The van der Waals surface area contributed by atoms with Crippen LogP contribution in [0.3, 0.4) is 0 Å². The molecule has 0 aliphatic heterocycles. The lowest BCUT2D eigenvalue weighted by Crippen LogP contribution is -2.26. The number of halogens is 1. The van der Waals surface area contributed by atoms with E-state index in [1.165, 1.54) is 0 Å². The molecule has 0 radical (unpaired) electrons. The highest BCUT2D eigenvalue weighted by molar-refractivity contribution is 9.10. The first-order valence-corrected chi connectivity index (χ1v) is 5.85. The highest BCUT2D eigenvalue weighted by Crippen LogP contribution is 2.23. The molecule has 2 atom stereocenters. The zero-order valence-electron chi connectivity index (χ0n) is 9.18. The van der Waals surface area contributed by atoms with Gasteiger partial charge in [-0.25, -0.2) is 4.98 Å². The number of rotatable bonds is 2. The molecule has 3 N–H and O–H groups in total. The fraction of sp³-hybridized carbons (Fsp3) is 0.364.